The summed E-state index contributed by atoms with van der Waals surface area (Å²) in [6, 6.07) is -0.256. The number of rotatable bonds is 2. The quantitative estimate of drug-likeness (QED) is 0.641. The van der Waals surface area contributed by atoms with Crippen molar-refractivity contribution in [2.75, 3.05) is 0 Å². The number of ether oxygens (including phenoxy) is 1. The maximum absolute atomic E-state index is 10.5. The Hall–Kier alpha value is -1.25. The Morgan fingerprint density at radius 2 is 2.50 bits per heavy atom. The highest BCUT2D eigenvalue weighted by Gasteiger charge is 2.30. The first-order valence-electron chi connectivity index (χ1n) is 3.81. The third kappa shape index (κ3) is 1.81. The van der Waals surface area contributed by atoms with Gasteiger partial charge >= 0.3 is 0 Å². The smallest absolute Gasteiger partial charge is 0.250 e. The summed E-state index contributed by atoms with van der Waals surface area (Å²) in [6.07, 6.45) is 5.67. The molecule has 2 N–H and O–H groups in total. The van der Waals surface area contributed by atoms with E-state index in [0.29, 0.717) is 0 Å². The van der Waals surface area contributed by atoms with E-state index < -0.39 is 17.5 Å². The molecular formula is C6H8N4O3S. The van der Waals surface area contributed by atoms with Crippen LogP contribution in [0.2, 0.25) is 0 Å². The van der Waals surface area contributed by atoms with E-state index >= 15 is 0 Å². The molecule has 2 aliphatic rings. The highest BCUT2D eigenvalue weighted by Crippen LogP contribution is 2.19. The lowest BCUT2D eigenvalue weighted by molar-refractivity contribution is 0.0415. The van der Waals surface area contributed by atoms with Crippen molar-refractivity contribution in [2.24, 2.45) is 10.2 Å². The van der Waals surface area contributed by atoms with E-state index in [1.54, 1.807) is 6.08 Å². The molecule has 0 aromatic heterocycles. The number of azo groups is 1. The molecule has 3 atom stereocenters. The lowest BCUT2D eigenvalue weighted by Gasteiger charge is -2.34. The zero-order chi connectivity index (χ0) is 9.97. The Balaban J connectivity index is 2.13. The summed E-state index contributed by atoms with van der Waals surface area (Å²) < 4.78 is 24.3. The van der Waals surface area contributed by atoms with Gasteiger partial charge in [-0.15, -0.1) is 9.95 Å². The van der Waals surface area contributed by atoms with Gasteiger partial charge in [-0.2, -0.15) is 5.11 Å². The molecule has 7 nitrogen and oxygen atoms in total. The third-order valence-electron chi connectivity index (χ3n) is 1.77. The molecule has 2 aliphatic heterocycles. The summed E-state index contributed by atoms with van der Waals surface area (Å²) in [5.74, 6) is 0. The predicted molar refractivity (Wildman–Crippen MR) is 47.5 cm³/mol. The molecule has 0 aromatic rings. The average Bonchev–Trinajstić information content (AvgIpc) is 2.18. The number of hydrazine groups is 1. The summed E-state index contributed by atoms with van der Waals surface area (Å²) in [7, 11) is 0. The first-order valence-corrected chi connectivity index (χ1v) is 4.92. The number of nitrogens with zero attached hydrogens (tertiary/aromatic N) is 3. The third-order valence-corrected chi connectivity index (χ3v) is 2.13. The SMILES string of the molecule is O=S(O)NN1C=COC2N=NC=CC21. The molecule has 0 saturated heterocycles. The van der Waals surface area contributed by atoms with E-state index in [2.05, 4.69) is 15.1 Å². The number of hydrogen-bond acceptors (Lipinski definition) is 5. The molecule has 0 bridgehead atoms. The van der Waals surface area contributed by atoms with Crippen molar-refractivity contribution < 1.29 is 13.5 Å². The van der Waals surface area contributed by atoms with E-state index in [-0.39, 0.29) is 6.04 Å². The van der Waals surface area contributed by atoms with E-state index in [9.17, 15) is 4.21 Å². The molecule has 0 saturated carbocycles. The fraction of sp³-hybridized carbons (Fsp3) is 0.333. The molecule has 76 valence electrons. The Kier molecular flexibility index (Phi) is 2.57. The Morgan fingerprint density at radius 3 is 3.29 bits per heavy atom. The maximum Gasteiger partial charge on any atom is 0.250 e. The summed E-state index contributed by atoms with van der Waals surface area (Å²) in [5, 5.41) is 8.92. The van der Waals surface area contributed by atoms with Crippen molar-refractivity contribution in [1.82, 2.24) is 9.84 Å². The van der Waals surface area contributed by atoms with Crippen LogP contribution in [-0.4, -0.2) is 26.0 Å². The second kappa shape index (κ2) is 3.86. The molecule has 14 heavy (non-hydrogen) atoms. The van der Waals surface area contributed by atoms with E-state index in [1.807, 2.05) is 0 Å². The standard InChI is InChI=1S/C6H8N4O3S/c11-14(12)9-10-3-4-13-6-5(10)1-2-7-8-6/h1-6,9H,(H,11,12). The minimum atomic E-state index is -2.12. The van der Waals surface area contributed by atoms with Gasteiger partial charge in [0.25, 0.3) is 11.3 Å². The zero-order valence-corrected chi connectivity index (χ0v) is 7.79. The predicted octanol–water partition coefficient (Wildman–Crippen LogP) is 0.105. The monoisotopic (exact) mass is 216 g/mol. The van der Waals surface area contributed by atoms with Crippen molar-refractivity contribution in [1.29, 1.82) is 0 Å². The van der Waals surface area contributed by atoms with Crippen molar-refractivity contribution in [3.05, 3.63) is 24.7 Å². The lowest BCUT2D eigenvalue weighted by atomic mass is 10.2. The molecule has 0 spiro atoms. The van der Waals surface area contributed by atoms with Gasteiger partial charge in [0.05, 0.1) is 6.20 Å². The molecular weight excluding hydrogens is 208 g/mol. The molecule has 0 aromatic carbocycles. The topological polar surface area (TPSA) is 86.5 Å². The van der Waals surface area contributed by atoms with Crippen LogP contribution >= 0.6 is 0 Å². The zero-order valence-electron chi connectivity index (χ0n) is 6.98. The Labute approximate surface area is 82.5 Å². The molecule has 0 fully saturated rings. The summed E-state index contributed by atoms with van der Waals surface area (Å²) in [4.78, 5) is 2.32. The minimum Gasteiger partial charge on any atom is -0.470 e. The van der Waals surface area contributed by atoms with Crippen molar-refractivity contribution in [3.8, 4) is 0 Å². The van der Waals surface area contributed by atoms with Crippen LogP contribution in [0.3, 0.4) is 0 Å². The molecule has 0 aliphatic carbocycles. The fourth-order valence-corrected chi connectivity index (χ4v) is 1.56. The first-order chi connectivity index (χ1) is 6.77. The van der Waals surface area contributed by atoms with Gasteiger partial charge in [-0.05, 0) is 6.08 Å². The highest BCUT2D eigenvalue weighted by molar-refractivity contribution is 7.77. The molecule has 0 radical (unpaired) electrons. The Bertz CT molecular complexity index is 329. The van der Waals surface area contributed by atoms with Crippen LogP contribution in [0.5, 0.6) is 0 Å². The van der Waals surface area contributed by atoms with Gasteiger partial charge in [0.2, 0.25) is 6.23 Å². The molecule has 8 heteroatoms. The number of hydrogen-bond donors (Lipinski definition) is 2. The molecule has 3 unspecified atom stereocenters. The average molecular weight is 216 g/mol. The second-order valence-corrected chi connectivity index (χ2v) is 3.30. The number of nitrogens with one attached hydrogen (secondary N) is 1. The van der Waals surface area contributed by atoms with Crippen molar-refractivity contribution in [2.45, 2.75) is 12.3 Å². The van der Waals surface area contributed by atoms with Gasteiger partial charge in [0.1, 0.15) is 12.3 Å². The van der Waals surface area contributed by atoms with Gasteiger partial charge in [-0.3, -0.25) is 9.56 Å². The van der Waals surface area contributed by atoms with Crippen LogP contribution in [0.4, 0.5) is 0 Å². The van der Waals surface area contributed by atoms with Crippen LogP contribution in [0.25, 0.3) is 0 Å². The largest absolute Gasteiger partial charge is 0.470 e. The summed E-state index contributed by atoms with van der Waals surface area (Å²) in [5.41, 5.74) is 0. The van der Waals surface area contributed by atoms with Crippen molar-refractivity contribution in [3.63, 3.8) is 0 Å². The summed E-state index contributed by atoms with van der Waals surface area (Å²) in [6.45, 7) is 0. The van der Waals surface area contributed by atoms with E-state index in [1.165, 1.54) is 23.7 Å². The van der Waals surface area contributed by atoms with Crippen LogP contribution in [0.15, 0.2) is 35.0 Å². The lowest BCUT2D eigenvalue weighted by Crippen LogP contribution is -2.49. The summed E-state index contributed by atoms with van der Waals surface area (Å²) >= 11 is -2.12. The van der Waals surface area contributed by atoms with Crippen LogP contribution < -0.4 is 4.83 Å². The van der Waals surface area contributed by atoms with Crippen LogP contribution in [0.1, 0.15) is 0 Å². The molecule has 0 amide bonds. The van der Waals surface area contributed by atoms with Crippen LogP contribution in [-0.2, 0) is 16.0 Å². The fourth-order valence-electron chi connectivity index (χ4n) is 1.19. The van der Waals surface area contributed by atoms with Crippen molar-refractivity contribution >= 4 is 11.3 Å². The first kappa shape index (κ1) is 9.31. The number of fused-ring (bicyclic) bond motifs is 1. The second-order valence-electron chi connectivity index (χ2n) is 2.62. The molecule has 2 heterocycles. The highest BCUT2D eigenvalue weighted by atomic mass is 32.2. The van der Waals surface area contributed by atoms with Gasteiger partial charge < -0.3 is 4.74 Å². The van der Waals surface area contributed by atoms with Crippen LogP contribution in [0, 0.1) is 0 Å². The molecule has 2 rings (SSSR count). The minimum absolute atomic E-state index is 0.256. The van der Waals surface area contributed by atoms with E-state index in [4.69, 9.17) is 9.29 Å². The maximum atomic E-state index is 10.5. The van der Waals surface area contributed by atoms with Gasteiger partial charge in [0.15, 0.2) is 0 Å². The van der Waals surface area contributed by atoms with Gasteiger partial charge in [0, 0.05) is 6.20 Å². The normalized spacial score (nSPS) is 31.1. The van der Waals surface area contributed by atoms with E-state index in [0.717, 1.165) is 0 Å². The van der Waals surface area contributed by atoms with Gasteiger partial charge in [-0.25, -0.2) is 4.21 Å². The Morgan fingerprint density at radius 1 is 1.64 bits per heavy atom. The van der Waals surface area contributed by atoms with Gasteiger partial charge in [-0.1, -0.05) is 0 Å².